The topological polar surface area (TPSA) is 52.0 Å². The minimum absolute atomic E-state index is 0.248. The molecule has 0 aliphatic carbocycles. The van der Waals surface area contributed by atoms with E-state index < -0.39 is 12.0 Å². The van der Waals surface area contributed by atoms with Gasteiger partial charge in [0.05, 0.1) is 6.20 Å². The van der Waals surface area contributed by atoms with E-state index >= 15 is 0 Å². The molecule has 1 atom stereocenters. The number of nitrogens with two attached hydrogens (primary N) is 1. The summed E-state index contributed by atoms with van der Waals surface area (Å²) in [6.07, 6.45) is -1.41. The second-order valence-electron chi connectivity index (χ2n) is 2.88. The number of hydrogen-bond acceptors (Lipinski definition) is 3. The summed E-state index contributed by atoms with van der Waals surface area (Å²) in [5.74, 6) is 0.334. The highest BCUT2D eigenvalue weighted by atomic mass is 19.3. The lowest BCUT2D eigenvalue weighted by molar-refractivity contribution is 0.0617. The van der Waals surface area contributed by atoms with Gasteiger partial charge in [-0.3, -0.25) is 0 Å². The van der Waals surface area contributed by atoms with E-state index in [9.17, 15) is 8.78 Å². The molecule has 0 aromatic carbocycles. The van der Waals surface area contributed by atoms with Crippen LogP contribution in [0, 0.1) is 6.92 Å². The van der Waals surface area contributed by atoms with E-state index in [4.69, 9.17) is 5.73 Å². The highest BCUT2D eigenvalue weighted by Crippen LogP contribution is 2.27. The fourth-order valence-corrected chi connectivity index (χ4v) is 0.934. The van der Waals surface area contributed by atoms with Crippen LogP contribution in [0.4, 0.5) is 8.78 Å². The minimum Gasteiger partial charge on any atom is -0.361 e. The fourth-order valence-electron chi connectivity index (χ4n) is 0.934. The Balaban J connectivity index is 3.05. The van der Waals surface area contributed by atoms with Gasteiger partial charge in [0.2, 0.25) is 0 Å². The average molecular weight is 176 g/mol. The van der Waals surface area contributed by atoms with Crippen LogP contribution < -0.4 is 5.73 Å². The number of hydrogen-bond donors (Lipinski definition) is 1. The van der Waals surface area contributed by atoms with Crippen molar-refractivity contribution in [2.75, 3.05) is 0 Å². The zero-order valence-electron chi connectivity index (χ0n) is 6.84. The van der Waals surface area contributed by atoms with Gasteiger partial charge in [0.15, 0.2) is 0 Å². The molecule has 0 amide bonds. The van der Waals surface area contributed by atoms with Gasteiger partial charge in [-0.1, -0.05) is 5.16 Å². The maximum Gasteiger partial charge on any atom is 0.260 e. The van der Waals surface area contributed by atoms with E-state index in [0.29, 0.717) is 5.76 Å². The van der Waals surface area contributed by atoms with Crippen molar-refractivity contribution in [3.05, 3.63) is 17.5 Å². The largest absolute Gasteiger partial charge is 0.361 e. The highest BCUT2D eigenvalue weighted by Gasteiger charge is 2.35. The van der Waals surface area contributed by atoms with E-state index in [-0.39, 0.29) is 5.56 Å². The predicted octanol–water partition coefficient (Wildman–Crippen LogP) is 1.42. The summed E-state index contributed by atoms with van der Waals surface area (Å²) in [4.78, 5) is 0. The first-order valence-corrected chi connectivity index (χ1v) is 3.45. The van der Waals surface area contributed by atoms with Crippen molar-refractivity contribution in [2.24, 2.45) is 5.73 Å². The van der Waals surface area contributed by atoms with Crippen LogP contribution in [0.3, 0.4) is 0 Å². The van der Waals surface area contributed by atoms with Crippen molar-refractivity contribution in [3.8, 4) is 0 Å². The monoisotopic (exact) mass is 176 g/mol. The third kappa shape index (κ3) is 1.32. The first kappa shape index (κ1) is 9.12. The molecule has 1 unspecified atom stereocenters. The lowest BCUT2D eigenvalue weighted by Crippen LogP contribution is -2.40. The van der Waals surface area contributed by atoms with Crippen molar-refractivity contribution < 1.29 is 13.3 Å². The zero-order chi connectivity index (χ0) is 9.35. The molecule has 0 aliphatic rings. The Bertz CT molecular complexity index is 270. The summed E-state index contributed by atoms with van der Waals surface area (Å²) in [6.45, 7) is 2.80. The molecule has 1 aromatic rings. The molecule has 0 saturated carbocycles. The molecule has 2 N–H and O–H groups in total. The molecule has 0 bridgehead atoms. The Hall–Kier alpha value is -0.970. The van der Waals surface area contributed by atoms with E-state index in [2.05, 4.69) is 9.68 Å². The van der Waals surface area contributed by atoms with Gasteiger partial charge in [0, 0.05) is 5.56 Å². The van der Waals surface area contributed by atoms with Crippen LogP contribution in [-0.4, -0.2) is 11.6 Å². The molecule has 3 nitrogen and oxygen atoms in total. The van der Waals surface area contributed by atoms with Crippen LogP contribution in [0.5, 0.6) is 0 Å². The van der Waals surface area contributed by atoms with Gasteiger partial charge in [-0.05, 0) is 13.8 Å². The van der Waals surface area contributed by atoms with Crippen molar-refractivity contribution in [1.82, 2.24) is 5.16 Å². The number of nitrogens with zero attached hydrogens (tertiary/aromatic N) is 1. The molecule has 5 heteroatoms. The number of aryl methyl sites for hydroxylation is 1. The molecule has 0 spiro atoms. The Labute approximate surface area is 68.5 Å². The SMILES string of the molecule is Cc1oncc1C(C)(N)C(F)F. The highest BCUT2D eigenvalue weighted by molar-refractivity contribution is 5.22. The van der Waals surface area contributed by atoms with E-state index in [1.807, 2.05) is 0 Å². The zero-order valence-corrected chi connectivity index (χ0v) is 6.84. The molecule has 0 radical (unpaired) electrons. The standard InChI is InChI=1S/C7H10F2N2O/c1-4-5(3-11-12-4)7(2,10)6(8)9/h3,6H,10H2,1-2H3. The molecule has 12 heavy (non-hydrogen) atoms. The van der Waals surface area contributed by atoms with Gasteiger partial charge in [-0.2, -0.15) is 0 Å². The molecular weight excluding hydrogens is 166 g/mol. The first-order valence-electron chi connectivity index (χ1n) is 3.45. The smallest absolute Gasteiger partial charge is 0.260 e. The van der Waals surface area contributed by atoms with Crippen molar-refractivity contribution in [1.29, 1.82) is 0 Å². The van der Waals surface area contributed by atoms with Gasteiger partial charge < -0.3 is 10.3 Å². The van der Waals surface area contributed by atoms with Crippen LogP contribution >= 0.6 is 0 Å². The first-order chi connectivity index (χ1) is 5.46. The van der Waals surface area contributed by atoms with Gasteiger partial charge >= 0.3 is 0 Å². The molecule has 0 saturated heterocycles. The molecule has 1 rings (SSSR count). The van der Waals surface area contributed by atoms with Gasteiger partial charge in [-0.25, -0.2) is 8.78 Å². The summed E-state index contributed by atoms with van der Waals surface area (Å²) in [5.41, 5.74) is 3.95. The third-order valence-corrected chi connectivity index (χ3v) is 1.78. The minimum atomic E-state index is -2.63. The molecule has 1 heterocycles. The molecule has 1 aromatic heterocycles. The van der Waals surface area contributed by atoms with Gasteiger partial charge in [0.25, 0.3) is 6.43 Å². The number of rotatable bonds is 2. The van der Waals surface area contributed by atoms with E-state index in [1.165, 1.54) is 13.1 Å². The molecule has 68 valence electrons. The summed E-state index contributed by atoms with van der Waals surface area (Å²) in [5, 5.41) is 3.38. The Kier molecular flexibility index (Phi) is 2.14. The van der Waals surface area contributed by atoms with Crippen LogP contribution in [-0.2, 0) is 5.54 Å². The van der Waals surface area contributed by atoms with Gasteiger partial charge in [0.1, 0.15) is 11.3 Å². The van der Waals surface area contributed by atoms with Crippen LogP contribution in [0.1, 0.15) is 18.2 Å². The number of halogens is 2. The van der Waals surface area contributed by atoms with Crippen LogP contribution in [0.2, 0.25) is 0 Å². The maximum absolute atomic E-state index is 12.4. The maximum atomic E-state index is 12.4. The second-order valence-corrected chi connectivity index (χ2v) is 2.88. The van der Waals surface area contributed by atoms with E-state index in [1.54, 1.807) is 6.92 Å². The van der Waals surface area contributed by atoms with Crippen LogP contribution in [0.15, 0.2) is 10.7 Å². The summed E-state index contributed by atoms with van der Waals surface area (Å²) < 4.78 is 29.4. The Morgan fingerprint density at radius 3 is 2.58 bits per heavy atom. The van der Waals surface area contributed by atoms with Crippen molar-refractivity contribution in [3.63, 3.8) is 0 Å². The molecule has 0 aliphatic heterocycles. The lowest BCUT2D eigenvalue weighted by atomic mass is 9.95. The second kappa shape index (κ2) is 2.82. The number of aromatic nitrogens is 1. The van der Waals surface area contributed by atoms with Crippen molar-refractivity contribution in [2.45, 2.75) is 25.8 Å². The fraction of sp³-hybridized carbons (Fsp3) is 0.571. The molecular formula is C7H10F2N2O. The normalized spacial score (nSPS) is 16.5. The van der Waals surface area contributed by atoms with E-state index in [0.717, 1.165) is 0 Å². The predicted molar refractivity (Wildman–Crippen MR) is 38.8 cm³/mol. The Morgan fingerprint density at radius 2 is 2.25 bits per heavy atom. The summed E-state index contributed by atoms with van der Waals surface area (Å²) >= 11 is 0. The van der Waals surface area contributed by atoms with Gasteiger partial charge in [-0.15, -0.1) is 0 Å². The average Bonchev–Trinajstić information content (AvgIpc) is 2.35. The van der Waals surface area contributed by atoms with Crippen LogP contribution in [0.25, 0.3) is 0 Å². The Morgan fingerprint density at radius 1 is 1.67 bits per heavy atom. The molecule has 0 fully saturated rings. The summed E-state index contributed by atoms with van der Waals surface area (Å²) in [6, 6.07) is 0. The third-order valence-electron chi connectivity index (χ3n) is 1.78. The van der Waals surface area contributed by atoms with Crippen molar-refractivity contribution >= 4 is 0 Å². The lowest BCUT2D eigenvalue weighted by Gasteiger charge is -2.21. The number of alkyl halides is 2. The summed E-state index contributed by atoms with van der Waals surface area (Å²) in [7, 11) is 0. The quantitative estimate of drug-likeness (QED) is 0.741.